The molecule has 0 saturated carbocycles. The van der Waals surface area contributed by atoms with E-state index in [1.165, 1.54) is 12.1 Å². The Balaban J connectivity index is 1.73. The number of hydrogen-bond acceptors (Lipinski definition) is 3. The Morgan fingerprint density at radius 2 is 1.67 bits per heavy atom. The van der Waals surface area contributed by atoms with Crippen LogP contribution in [0.25, 0.3) is 0 Å². The fraction of sp³-hybridized carbons (Fsp3) is 0.125. The monoisotopic (exact) mass is 370 g/mol. The Hall–Kier alpha value is -2.31. The molecule has 8 heteroatoms. The number of ether oxygens (including phenoxy) is 1. The van der Waals surface area contributed by atoms with Crippen LogP contribution in [0.3, 0.4) is 0 Å². The molecule has 2 aromatic rings. The van der Waals surface area contributed by atoms with Crippen molar-refractivity contribution in [2.75, 3.05) is 6.61 Å². The molecule has 5 nitrogen and oxygen atoms in total. The zero-order chi connectivity index (χ0) is 17.5. The lowest BCUT2D eigenvalue weighted by atomic mass is 10.1. The summed E-state index contributed by atoms with van der Waals surface area (Å²) in [6.07, 6.45) is 0.0892. The maximum absolute atomic E-state index is 13.0. The van der Waals surface area contributed by atoms with Gasteiger partial charge < -0.3 is 4.74 Å². The Labute approximate surface area is 147 Å². The molecule has 0 aliphatic carbocycles. The van der Waals surface area contributed by atoms with Gasteiger partial charge in [0.25, 0.3) is 5.91 Å². The Morgan fingerprint density at radius 1 is 1.00 bits per heavy atom. The summed E-state index contributed by atoms with van der Waals surface area (Å²) in [5.41, 5.74) is 5.23. The first kappa shape index (κ1) is 18.0. The van der Waals surface area contributed by atoms with Crippen LogP contribution in [0.1, 0.15) is 5.56 Å². The maximum Gasteiger partial charge on any atom is 0.276 e. The van der Waals surface area contributed by atoms with Crippen LogP contribution in [-0.4, -0.2) is 18.4 Å². The fourth-order valence-corrected chi connectivity index (χ4v) is 2.02. The van der Waals surface area contributed by atoms with Crippen LogP contribution in [0.2, 0.25) is 10.0 Å². The standard InChI is InChI=1S/C16H13Cl2FN2O3/c17-11-3-1-10(2-4-11)7-15(22)20-21-16(23)9-24-12-5-6-14(19)13(18)8-12/h1-6,8H,7,9H2,(H,20,22)(H,21,23). The van der Waals surface area contributed by atoms with Gasteiger partial charge in [0.2, 0.25) is 5.91 Å². The molecule has 2 rings (SSSR count). The molecular weight excluding hydrogens is 358 g/mol. The third-order valence-electron chi connectivity index (χ3n) is 2.88. The molecule has 0 heterocycles. The van der Waals surface area contributed by atoms with Crippen molar-refractivity contribution < 1.29 is 18.7 Å². The van der Waals surface area contributed by atoms with Crippen LogP contribution in [0.4, 0.5) is 4.39 Å². The number of halogens is 3. The van der Waals surface area contributed by atoms with E-state index in [0.29, 0.717) is 5.02 Å². The van der Waals surface area contributed by atoms with Crippen molar-refractivity contribution in [2.24, 2.45) is 0 Å². The van der Waals surface area contributed by atoms with Gasteiger partial charge in [-0.2, -0.15) is 0 Å². The molecule has 0 fully saturated rings. The Kier molecular flexibility index (Phi) is 6.40. The molecule has 2 N–H and O–H groups in total. The number of nitrogens with one attached hydrogen (secondary N) is 2. The van der Waals surface area contributed by atoms with E-state index in [0.717, 1.165) is 11.6 Å². The molecular formula is C16H13Cl2FN2O3. The van der Waals surface area contributed by atoms with Crippen molar-refractivity contribution in [3.8, 4) is 5.75 Å². The van der Waals surface area contributed by atoms with Crippen molar-refractivity contribution in [1.82, 2.24) is 10.9 Å². The molecule has 126 valence electrons. The predicted molar refractivity (Wildman–Crippen MR) is 88.3 cm³/mol. The van der Waals surface area contributed by atoms with Crippen molar-refractivity contribution in [3.05, 3.63) is 63.9 Å². The lowest BCUT2D eigenvalue weighted by Crippen LogP contribution is -2.44. The minimum absolute atomic E-state index is 0.0892. The number of carbonyl (C=O) groups excluding carboxylic acids is 2. The summed E-state index contributed by atoms with van der Waals surface area (Å²) in [5, 5.41) is 0.467. The lowest BCUT2D eigenvalue weighted by molar-refractivity contribution is -0.129. The Morgan fingerprint density at radius 3 is 2.33 bits per heavy atom. The zero-order valence-corrected chi connectivity index (χ0v) is 13.8. The summed E-state index contributed by atoms with van der Waals surface area (Å²) < 4.78 is 18.1. The minimum atomic E-state index is -0.581. The number of rotatable bonds is 5. The van der Waals surface area contributed by atoms with Gasteiger partial charge in [0, 0.05) is 11.1 Å². The van der Waals surface area contributed by atoms with Crippen LogP contribution in [-0.2, 0) is 16.0 Å². The van der Waals surface area contributed by atoms with Gasteiger partial charge in [-0.15, -0.1) is 0 Å². The second kappa shape index (κ2) is 8.52. The highest BCUT2D eigenvalue weighted by molar-refractivity contribution is 6.31. The number of amides is 2. The van der Waals surface area contributed by atoms with E-state index in [1.807, 2.05) is 0 Å². The summed E-state index contributed by atoms with van der Waals surface area (Å²) in [6.45, 7) is -0.358. The maximum atomic E-state index is 13.0. The average Bonchev–Trinajstić information content (AvgIpc) is 2.56. The van der Waals surface area contributed by atoms with Crippen molar-refractivity contribution in [1.29, 1.82) is 0 Å². The summed E-state index contributed by atoms with van der Waals surface area (Å²) in [6, 6.07) is 10.5. The van der Waals surface area contributed by atoms with Crippen LogP contribution >= 0.6 is 23.2 Å². The van der Waals surface area contributed by atoms with Gasteiger partial charge >= 0.3 is 0 Å². The predicted octanol–water partition coefficient (Wildman–Crippen LogP) is 2.90. The first-order chi connectivity index (χ1) is 11.4. The second-order valence-electron chi connectivity index (χ2n) is 4.76. The first-order valence-electron chi connectivity index (χ1n) is 6.84. The van der Waals surface area contributed by atoms with Crippen molar-refractivity contribution in [3.63, 3.8) is 0 Å². The van der Waals surface area contributed by atoms with Gasteiger partial charge in [-0.25, -0.2) is 4.39 Å². The van der Waals surface area contributed by atoms with E-state index in [9.17, 15) is 14.0 Å². The molecule has 0 bridgehead atoms. The van der Waals surface area contributed by atoms with Crippen LogP contribution in [0, 0.1) is 5.82 Å². The fourth-order valence-electron chi connectivity index (χ4n) is 1.72. The molecule has 24 heavy (non-hydrogen) atoms. The third-order valence-corrected chi connectivity index (χ3v) is 3.42. The zero-order valence-electron chi connectivity index (χ0n) is 12.3. The molecule has 2 amide bonds. The molecule has 0 spiro atoms. The van der Waals surface area contributed by atoms with Crippen molar-refractivity contribution >= 4 is 35.0 Å². The third kappa shape index (κ3) is 5.72. The van der Waals surface area contributed by atoms with E-state index < -0.39 is 17.6 Å². The summed E-state index contributed by atoms with van der Waals surface area (Å²) in [5.74, 6) is -1.30. The topological polar surface area (TPSA) is 67.4 Å². The van der Waals surface area contributed by atoms with Gasteiger partial charge in [-0.05, 0) is 29.8 Å². The van der Waals surface area contributed by atoms with Gasteiger partial charge in [-0.3, -0.25) is 20.4 Å². The molecule has 0 aliphatic rings. The number of benzene rings is 2. The largest absolute Gasteiger partial charge is 0.484 e. The molecule has 0 aliphatic heterocycles. The molecule has 0 atom stereocenters. The quantitative estimate of drug-likeness (QED) is 0.795. The molecule has 0 saturated heterocycles. The average molecular weight is 371 g/mol. The van der Waals surface area contributed by atoms with Gasteiger partial charge in [0.15, 0.2) is 6.61 Å². The van der Waals surface area contributed by atoms with Crippen LogP contribution in [0.5, 0.6) is 5.75 Å². The van der Waals surface area contributed by atoms with E-state index in [1.54, 1.807) is 24.3 Å². The van der Waals surface area contributed by atoms with Gasteiger partial charge in [-0.1, -0.05) is 35.3 Å². The molecule has 0 unspecified atom stereocenters. The molecule has 0 radical (unpaired) electrons. The minimum Gasteiger partial charge on any atom is -0.484 e. The van der Waals surface area contributed by atoms with E-state index in [-0.39, 0.29) is 23.8 Å². The molecule has 2 aromatic carbocycles. The number of hydrogen-bond donors (Lipinski definition) is 2. The highest BCUT2D eigenvalue weighted by atomic mass is 35.5. The summed E-state index contributed by atoms with van der Waals surface area (Å²) in [4.78, 5) is 23.3. The highest BCUT2D eigenvalue weighted by Crippen LogP contribution is 2.20. The normalized spacial score (nSPS) is 10.1. The van der Waals surface area contributed by atoms with Gasteiger partial charge in [0.05, 0.1) is 11.4 Å². The van der Waals surface area contributed by atoms with E-state index in [2.05, 4.69) is 10.9 Å². The lowest BCUT2D eigenvalue weighted by Gasteiger charge is -2.09. The smallest absolute Gasteiger partial charge is 0.276 e. The van der Waals surface area contributed by atoms with Crippen LogP contribution in [0.15, 0.2) is 42.5 Å². The Bertz CT molecular complexity index is 739. The first-order valence-corrected chi connectivity index (χ1v) is 7.59. The second-order valence-corrected chi connectivity index (χ2v) is 5.61. The number of hydrazine groups is 1. The van der Waals surface area contributed by atoms with Crippen LogP contribution < -0.4 is 15.6 Å². The summed E-state index contributed by atoms with van der Waals surface area (Å²) in [7, 11) is 0. The molecule has 0 aromatic heterocycles. The van der Waals surface area contributed by atoms with Gasteiger partial charge in [0.1, 0.15) is 11.6 Å². The van der Waals surface area contributed by atoms with E-state index >= 15 is 0 Å². The van der Waals surface area contributed by atoms with E-state index in [4.69, 9.17) is 27.9 Å². The summed E-state index contributed by atoms with van der Waals surface area (Å²) >= 11 is 11.4. The van der Waals surface area contributed by atoms with Crippen molar-refractivity contribution in [2.45, 2.75) is 6.42 Å². The highest BCUT2D eigenvalue weighted by Gasteiger charge is 2.08. The number of carbonyl (C=O) groups is 2. The SMILES string of the molecule is O=C(COc1ccc(F)c(Cl)c1)NNC(=O)Cc1ccc(Cl)cc1.